The van der Waals surface area contributed by atoms with Gasteiger partial charge in [0.2, 0.25) is 11.8 Å². The highest BCUT2D eigenvalue weighted by Crippen LogP contribution is 2.19. The van der Waals surface area contributed by atoms with E-state index in [9.17, 15) is 9.59 Å². The Morgan fingerprint density at radius 1 is 1.36 bits per heavy atom. The topological polar surface area (TPSA) is 70.2 Å². The molecule has 1 aliphatic heterocycles. The Labute approximate surface area is 139 Å². The van der Waals surface area contributed by atoms with Crippen LogP contribution in [0.2, 0.25) is 0 Å². The maximum absolute atomic E-state index is 11.8. The van der Waals surface area contributed by atoms with E-state index in [0.717, 1.165) is 41.7 Å². The van der Waals surface area contributed by atoms with Crippen molar-refractivity contribution in [1.82, 2.24) is 10.6 Å². The fourth-order valence-corrected chi connectivity index (χ4v) is 2.74. The van der Waals surface area contributed by atoms with E-state index >= 15 is 0 Å². The van der Waals surface area contributed by atoms with Crippen LogP contribution in [0, 0.1) is 12.8 Å². The highest BCUT2D eigenvalue weighted by molar-refractivity contribution is 9.10. The first-order valence-electron chi connectivity index (χ1n) is 7.58. The average Bonchev–Trinajstić information content (AvgIpc) is 3.00. The van der Waals surface area contributed by atoms with Gasteiger partial charge >= 0.3 is 0 Å². The molecule has 1 saturated heterocycles. The molecule has 0 bridgehead atoms. The molecule has 1 aromatic rings. The third kappa shape index (κ3) is 5.42. The number of hydrogen-bond donors (Lipinski definition) is 3. The molecule has 22 heavy (non-hydrogen) atoms. The number of hydrogen-bond acceptors (Lipinski definition) is 3. The number of carbonyl (C=O) groups is 2. The summed E-state index contributed by atoms with van der Waals surface area (Å²) in [5.41, 5.74) is 1.78. The first kappa shape index (κ1) is 17.0. The van der Waals surface area contributed by atoms with Crippen molar-refractivity contribution in [3.63, 3.8) is 0 Å². The first-order chi connectivity index (χ1) is 10.5. The predicted octanol–water partition coefficient (Wildman–Crippen LogP) is 2.20. The van der Waals surface area contributed by atoms with Crippen LogP contribution in [0.25, 0.3) is 0 Å². The molecular formula is C16H22BrN3O2. The lowest BCUT2D eigenvalue weighted by molar-refractivity contribution is -0.124. The summed E-state index contributed by atoms with van der Waals surface area (Å²) in [7, 11) is 0. The van der Waals surface area contributed by atoms with Crippen LogP contribution in [0.3, 0.4) is 0 Å². The lowest BCUT2D eigenvalue weighted by Crippen LogP contribution is -2.33. The van der Waals surface area contributed by atoms with Gasteiger partial charge in [-0.1, -0.05) is 15.9 Å². The van der Waals surface area contributed by atoms with E-state index < -0.39 is 0 Å². The summed E-state index contributed by atoms with van der Waals surface area (Å²) >= 11 is 3.42. The number of amides is 2. The Morgan fingerprint density at radius 2 is 2.18 bits per heavy atom. The summed E-state index contributed by atoms with van der Waals surface area (Å²) < 4.78 is 1.00. The number of anilines is 1. The Balaban J connectivity index is 1.68. The molecular weight excluding hydrogens is 346 g/mol. The van der Waals surface area contributed by atoms with Crippen LogP contribution in [-0.2, 0) is 9.59 Å². The van der Waals surface area contributed by atoms with Gasteiger partial charge in [-0.2, -0.15) is 0 Å². The number of aryl methyl sites for hydroxylation is 1. The van der Waals surface area contributed by atoms with Crippen LogP contribution in [0.1, 0.15) is 24.8 Å². The zero-order valence-electron chi connectivity index (χ0n) is 12.7. The van der Waals surface area contributed by atoms with Crippen LogP contribution < -0.4 is 16.0 Å². The van der Waals surface area contributed by atoms with Crippen molar-refractivity contribution >= 4 is 33.4 Å². The minimum atomic E-state index is -0.211. The van der Waals surface area contributed by atoms with Crippen LogP contribution in [0.5, 0.6) is 0 Å². The largest absolute Gasteiger partial charge is 0.347 e. The molecule has 120 valence electrons. The van der Waals surface area contributed by atoms with Gasteiger partial charge in [0.25, 0.3) is 0 Å². The highest BCUT2D eigenvalue weighted by Gasteiger charge is 2.15. The number of nitrogens with one attached hydrogen (secondary N) is 3. The fraction of sp³-hybridized carbons (Fsp3) is 0.500. The van der Waals surface area contributed by atoms with Gasteiger partial charge in [-0.05, 0) is 62.5 Å². The molecule has 1 aromatic carbocycles. The zero-order valence-corrected chi connectivity index (χ0v) is 14.3. The summed E-state index contributed by atoms with van der Waals surface area (Å²) in [5, 5.41) is 8.73. The fourth-order valence-electron chi connectivity index (χ4n) is 2.49. The quantitative estimate of drug-likeness (QED) is 0.721. The van der Waals surface area contributed by atoms with Crippen molar-refractivity contribution in [2.45, 2.75) is 26.2 Å². The van der Waals surface area contributed by atoms with Crippen molar-refractivity contribution in [2.75, 3.05) is 25.0 Å². The van der Waals surface area contributed by atoms with Crippen LogP contribution in [0.15, 0.2) is 22.7 Å². The molecule has 0 spiro atoms. The summed E-state index contributed by atoms with van der Waals surface area (Å²) in [6.45, 7) is 4.01. The van der Waals surface area contributed by atoms with Crippen molar-refractivity contribution in [3.05, 3.63) is 28.2 Å². The van der Waals surface area contributed by atoms with Gasteiger partial charge in [-0.15, -0.1) is 0 Å². The van der Waals surface area contributed by atoms with Crippen molar-refractivity contribution in [3.8, 4) is 0 Å². The van der Waals surface area contributed by atoms with Crippen LogP contribution in [-0.4, -0.2) is 31.4 Å². The second-order valence-corrected chi connectivity index (χ2v) is 6.54. The van der Waals surface area contributed by atoms with Crippen LogP contribution in [0.4, 0.5) is 5.69 Å². The second-order valence-electron chi connectivity index (χ2n) is 5.69. The number of carbonyl (C=O) groups excluding carboxylic acids is 2. The molecule has 5 nitrogen and oxygen atoms in total. The number of rotatable bonds is 6. The van der Waals surface area contributed by atoms with E-state index in [1.165, 1.54) is 0 Å². The zero-order chi connectivity index (χ0) is 15.9. The van der Waals surface area contributed by atoms with Gasteiger partial charge in [0.1, 0.15) is 0 Å². The van der Waals surface area contributed by atoms with Gasteiger partial charge < -0.3 is 16.0 Å². The summed E-state index contributed by atoms with van der Waals surface area (Å²) in [5.74, 6) is 0.317. The van der Waals surface area contributed by atoms with Gasteiger partial charge in [0.15, 0.2) is 0 Å². The van der Waals surface area contributed by atoms with Crippen molar-refractivity contribution in [1.29, 1.82) is 0 Å². The lowest BCUT2D eigenvalue weighted by atomic mass is 10.0. The summed E-state index contributed by atoms with van der Waals surface area (Å²) in [4.78, 5) is 23.6. The minimum absolute atomic E-state index is 0.0108. The molecule has 3 N–H and O–H groups in total. The number of benzene rings is 1. The van der Waals surface area contributed by atoms with Crippen molar-refractivity contribution in [2.24, 2.45) is 5.92 Å². The smallest absolute Gasteiger partial charge is 0.243 e. The van der Waals surface area contributed by atoms with Crippen molar-refractivity contribution < 1.29 is 9.59 Å². The lowest BCUT2D eigenvalue weighted by Gasteiger charge is -2.10. The third-order valence-electron chi connectivity index (χ3n) is 3.83. The maximum Gasteiger partial charge on any atom is 0.243 e. The maximum atomic E-state index is 11.8. The SMILES string of the molecule is Cc1cc(NC(=O)CNC(=O)CCC2CCNC2)ccc1Br. The van der Waals surface area contributed by atoms with E-state index in [4.69, 9.17) is 0 Å². The standard InChI is InChI=1S/C16H22BrN3O2/c1-11-8-13(3-4-14(11)17)20-16(22)10-19-15(21)5-2-12-6-7-18-9-12/h3-4,8,12,18H,2,5-7,9-10H2,1H3,(H,19,21)(H,20,22). The molecule has 0 radical (unpaired) electrons. The van der Waals surface area contributed by atoms with E-state index in [2.05, 4.69) is 31.9 Å². The summed E-state index contributed by atoms with van der Waals surface area (Å²) in [6, 6.07) is 5.60. The Bertz CT molecular complexity index is 542. The van der Waals surface area contributed by atoms with E-state index in [1.807, 2.05) is 25.1 Å². The van der Waals surface area contributed by atoms with E-state index in [0.29, 0.717) is 12.3 Å². The molecule has 1 heterocycles. The minimum Gasteiger partial charge on any atom is -0.347 e. The monoisotopic (exact) mass is 367 g/mol. The van der Waals surface area contributed by atoms with Gasteiger partial charge in [-0.3, -0.25) is 9.59 Å². The Kier molecular flexibility index (Phi) is 6.39. The second kappa shape index (κ2) is 8.29. The molecule has 1 fully saturated rings. The Hall–Kier alpha value is -1.40. The first-order valence-corrected chi connectivity index (χ1v) is 8.37. The molecule has 0 aromatic heterocycles. The average molecular weight is 368 g/mol. The highest BCUT2D eigenvalue weighted by atomic mass is 79.9. The summed E-state index contributed by atoms with van der Waals surface area (Å²) in [6.07, 6.45) is 2.50. The molecule has 1 atom stereocenters. The Morgan fingerprint density at radius 3 is 2.86 bits per heavy atom. The number of halogens is 1. The van der Waals surface area contributed by atoms with E-state index in [-0.39, 0.29) is 18.4 Å². The van der Waals surface area contributed by atoms with E-state index in [1.54, 1.807) is 0 Å². The molecule has 6 heteroatoms. The van der Waals surface area contributed by atoms with Crippen LogP contribution >= 0.6 is 15.9 Å². The third-order valence-corrected chi connectivity index (χ3v) is 4.72. The van der Waals surface area contributed by atoms with Gasteiger partial charge in [-0.25, -0.2) is 0 Å². The van der Waals surface area contributed by atoms with Gasteiger partial charge in [0, 0.05) is 16.6 Å². The normalized spacial score (nSPS) is 17.3. The predicted molar refractivity (Wildman–Crippen MR) is 90.7 cm³/mol. The molecule has 2 amide bonds. The molecule has 0 saturated carbocycles. The molecule has 1 aliphatic rings. The van der Waals surface area contributed by atoms with Gasteiger partial charge in [0.05, 0.1) is 6.54 Å². The molecule has 2 rings (SSSR count). The molecule has 1 unspecified atom stereocenters. The molecule has 0 aliphatic carbocycles.